The minimum atomic E-state index is -0.00233. The fraction of sp³-hybridized carbons (Fsp3) is 0.600. The van der Waals surface area contributed by atoms with Gasteiger partial charge >= 0.3 is 0 Å². The Bertz CT molecular complexity index is 504. The second-order valence-corrected chi connectivity index (χ2v) is 5.86. The number of amides is 1. The highest BCUT2D eigenvalue weighted by molar-refractivity contribution is 5.80. The van der Waals surface area contributed by atoms with Gasteiger partial charge in [0.15, 0.2) is 0 Å². The van der Waals surface area contributed by atoms with E-state index in [1.807, 2.05) is 12.1 Å². The first-order chi connectivity index (χ1) is 9.69. The molecule has 0 spiro atoms. The normalized spacial score (nSPS) is 31.3. The topological polar surface area (TPSA) is 77.2 Å². The van der Waals surface area contributed by atoms with Crippen molar-refractivity contribution in [2.45, 2.75) is 31.8 Å². The molecular weight excluding hydrogens is 254 g/mol. The van der Waals surface area contributed by atoms with Crippen molar-refractivity contribution in [3.8, 4) is 5.88 Å². The molecule has 3 rings (SSSR count). The van der Waals surface area contributed by atoms with Gasteiger partial charge in [-0.15, -0.1) is 0 Å². The molecule has 1 heterocycles. The summed E-state index contributed by atoms with van der Waals surface area (Å²) in [4.78, 5) is 16.4. The Labute approximate surface area is 118 Å². The predicted molar refractivity (Wildman–Crippen MR) is 74.9 cm³/mol. The number of hydrogen-bond acceptors (Lipinski definition) is 4. The Kier molecular flexibility index (Phi) is 3.61. The van der Waals surface area contributed by atoms with Crippen LogP contribution in [0, 0.1) is 17.8 Å². The number of pyridine rings is 1. The standard InChI is InChI=1S/C15H21N3O2/c1-20-12-6-9(4-5-17-12)8-18-15(19)13-10-2-3-11(7-10)14(13)16/h4-6,10-11,13-14H,2-3,7-8,16H2,1H3,(H,18,19). The molecule has 2 bridgehead atoms. The van der Waals surface area contributed by atoms with E-state index in [-0.39, 0.29) is 17.9 Å². The van der Waals surface area contributed by atoms with E-state index in [0.29, 0.717) is 24.3 Å². The predicted octanol–water partition coefficient (Wildman–Crippen LogP) is 1.08. The van der Waals surface area contributed by atoms with Crippen molar-refractivity contribution >= 4 is 5.91 Å². The molecule has 1 aromatic rings. The van der Waals surface area contributed by atoms with Gasteiger partial charge in [-0.25, -0.2) is 4.98 Å². The monoisotopic (exact) mass is 275 g/mol. The first-order valence-electron chi connectivity index (χ1n) is 7.21. The summed E-state index contributed by atoms with van der Waals surface area (Å²) < 4.78 is 5.07. The molecule has 5 heteroatoms. The summed E-state index contributed by atoms with van der Waals surface area (Å²) >= 11 is 0. The van der Waals surface area contributed by atoms with E-state index in [1.165, 1.54) is 6.42 Å². The van der Waals surface area contributed by atoms with Crippen molar-refractivity contribution in [2.75, 3.05) is 7.11 Å². The van der Waals surface area contributed by atoms with E-state index in [0.717, 1.165) is 18.4 Å². The molecule has 2 aliphatic rings. The van der Waals surface area contributed by atoms with E-state index >= 15 is 0 Å². The van der Waals surface area contributed by atoms with Crippen molar-refractivity contribution in [3.05, 3.63) is 23.9 Å². The van der Waals surface area contributed by atoms with Crippen molar-refractivity contribution in [1.82, 2.24) is 10.3 Å². The van der Waals surface area contributed by atoms with Crippen LogP contribution in [0.3, 0.4) is 0 Å². The molecule has 3 N–H and O–H groups in total. The molecule has 1 amide bonds. The molecule has 0 aromatic carbocycles. The van der Waals surface area contributed by atoms with E-state index in [9.17, 15) is 4.79 Å². The molecule has 1 aromatic heterocycles. The molecule has 4 unspecified atom stereocenters. The van der Waals surface area contributed by atoms with Gasteiger partial charge in [0.25, 0.3) is 0 Å². The van der Waals surface area contributed by atoms with Gasteiger partial charge < -0.3 is 15.8 Å². The molecular formula is C15H21N3O2. The molecule has 2 fully saturated rings. The Hall–Kier alpha value is -1.62. The van der Waals surface area contributed by atoms with Crippen molar-refractivity contribution in [3.63, 3.8) is 0 Å². The summed E-state index contributed by atoms with van der Waals surface area (Å²) in [6, 6.07) is 3.76. The molecule has 2 saturated carbocycles. The number of carbonyl (C=O) groups excluding carboxylic acids is 1. The molecule has 20 heavy (non-hydrogen) atoms. The smallest absolute Gasteiger partial charge is 0.225 e. The zero-order valence-electron chi connectivity index (χ0n) is 11.7. The molecule has 0 saturated heterocycles. The van der Waals surface area contributed by atoms with Crippen molar-refractivity contribution in [2.24, 2.45) is 23.5 Å². The third-order valence-corrected chi connectivity index (χ3v) is 4.76. The summed E-state index contributed by atoms with van der Waals surface area (Å²) in [5.41, 5.74) is 7.18. The number of hydrogen-bond donors (Lipinski definition) is 2. The van der Waals surface area contributed by atoms with Crippen LogP contribution in [0.25, 0.3) is 0 Å². The average Bonchev–Trinajstić information content (AvgIpc) is 3.06. The zero-order chi connectivity index (χ0) is 14.1. The number of nitrogens with one attached hydrogen (secondary N) is 1. The Morgan fingerprint density at radius 1 is 1.50 bits per heavy atom. The summed E-state index contributed by atoms with van der Waals surface area (Å²) in [6.07, 6.45) is 5.16. The number of nitrogens with zero attached hydrogens (tertiary/aromatic N) is 1. The van der Waals surface area contributed by atoms with Crippen LogP contribution < -0.4 is 15.8 Å². The molecule has 0 aliphatic heterocycles. The molecule has 0 radical (unpaired) electrons. The first kappa shape index (κ1) is 13.4. The third-order valence-electron chi connectivity index (χ3n) is 4.76. The van der Waals surface area contributed by atoms with Crippen molar-refractivity contribution < 1.29 is 9.53 Å². The van der Waals surface area contributed by atoms with Crippen molar-refractivity contribution in [1.29, 1.82) is 0 Å². The SMILES string of the molecule is COc1cc(CNC(=O)C2C3CCC(C3)C2N)ccn1. The summed E-state index contributed by atoms with van der Waals surface area (Å²) in [5, 5.41) is 3.01. The van der Waals surface area contributed by atoms with Crippen LogP contribution in [0.15, 0.2) is 18.3 Å². The lowest BCUT2D eigenvalue weighted by Gasteiger charge is -2.27. The largest absolute Gasteiger partial charge is 0.481 e. The summed E-state index contributed by atoms with van der Waals surface area (Å²) in [6.45, 7) is 0.498. The fourth-order valence-electron chi connectivity index (χ4n) is 3.70. The van der Waals surface area contributed by atoms with Crippen LogP contribution in [-0.4, -0.2) is 24.0 Å². The van der Waals surface area contributed by atoms with Crippen LogP contribution in [-0.2, 0) is 11.3 Å². The van der Waals surface area contributed by atoms with E-state index in [4.69, 9.17) is 10.5 Å². The second-order valence-electron chi connectivity index (χ2n) is 5.86. The minimum absolute atomic E-state index is 0.00233. The number of carbonyl (C=O) groups is 1. The molecule has 4 atom stereocenters. The van der Waals surface area contributed by atoms with Gasteiger partial charge in [-0.1, -0.05) is 0 Å². The molecule has 5 nitrogen and oxygen atoms in total. The fourth-order valence-corrected chi connectivity index (χ4v) is 3.70. The summed E-state index contributed by atoms with van der Waals surface area (Å²) in [7, 11) is 1.58. The van der Waals surface area contributed by atoms with E-state index in [1.54, 1.807) is 13.3 Å². The molecule has 2 aliphatic carbocycles. The number of fused-ring (bicyclic) bond motifs is 2. The lowest BCUT2D eigenvalue weighted by molar-refractivity contribution is -0.127. The quantitative estimate of drug-likeness (QED) is 0.862. The van der Waals surface area contributed by atoms with E-state index < -0.39 is 0 Å². The van der Waals surface area contributed by atoms with Gasteiger partial charge in [-0.2, -0.15) is 0 Å². The lowest BCUT2D eigenvalue weighted by Crippen LogP contribution is -2.45. The number of ether oxygens (including phenoxy) is 1. The Morgan fingerprint density at radius 2 is 2.30 bits per heavy atom. The van der Waals surface area contributed by atoms with Gasteiger partial charge in [-0.3, -0.25) is 4.79 Å². The Balaban J connectivity index is 1.59. The second kappa shape index (κ2) is 5.40. The highest BCUT2D eigenvalue weighted by Gasteiger charge is 2.48. The number of rotatable bonds is 4. The molecule has 108 valence electrons. The maximum absolute atomic E-state index is 12.3. The first-order valence-corrected chi connectivity index (χ1v) is 7.21. The lowest BCUT2D eigenvalue weighted by atomic mass is 9.84. The van der Waals surface area contributed by atoms with Gasteiger partial charge in [0.2, 0.25) is 11.8 Å². The van der Waals surface area contributed by atoms with Gasteiger partial charge in [0, 0.05) is 24.8 Å². The van der Waals surface area contributed by atoms with Crippen LogP contribution in [0.2, 0.25) is 0 Å². The maximum atomic E-state index is 12.3. The number of nitrogens with two attached hydrogens (primary N) is 1. The van der Waals surface area contributed by atoms with Gasteiger partial charge in [0.05, 0.1) is 13.0 Å². The third kappa shape index (κ3) is 2.38. The van der Waals surface area contributed by atoms with Crippen LogP contribution in [0.4, 0.5) is 0 Å². The minimum Gasteiger partial charge on any atom is -0.481 e. The van der Waals surface area contributed by atoms with E-state index in [2.05, 4.69) is 10.3 Å². The summed E-state index contributed by atoms with van der Waals surface area (Å²) in [5.74, 6) is 1.70. The van der Waals surface area contributed by atoms with Crippen LogP contribution in [0.5, 0.6) is 5.88 Å². The average molecular weight is 275 g/mol. The Morgan fingerprint density at radius 3 is 3.00 bits per heavy atom. The van der Waals surface area contributed by atoms with Gasteiger partial charge in [-0.05, 0) is 42.7 Å². The maximum Gasteiger partial charge on any atom is 0.225 e. The van der Waals surface area contributed by atoms with Gasteiger partial charge in [0.1, 0.15) is 0 Å². The zero-order valence-corrected chi connectivity index (χ0v) is 11.7. The number of methoxy groups -OCH3 is 1. The number of aromatic nitrogens is 1. The highest BCUT2D eigenvalue weighted by Crippen LogP contribution is 2.47. The highest BCUT2D eigenvalue weighted by atomic mass is 16.5. The van der Waals surface area contributed by atoms with Crippen LogP contribution in [0.1, 0.15) is 24.8 Å². The van der Waals surface area contributed by atoms with Crippen LogP contribution >= 0.6 is 0 Å².